The van der Waals surface area contributed by atoms with Gasteiger partial charge in [0, 0.05) is 13.1 Å². The first-order chi connectivity index (χ1) is 16.5. The number of hydrogen-bond acceptors (Lipinski definition) is 5. The topological polar surface area (TPSA) is 96.0 Å². The van der Waals surface area contributed by atoms with Crippen molar-refractivity contribution in [2.75, 3.05) is 30.8 Å². The van der Waals surface area contributed by atoms with Gasteiger partial charge in [-0.2, -0.15) is 0 Å². The molecule has 0 saturated heterocycles. The number of aryl methyl sites for hydroxylation is 2. The van der Waals surface area contributed by atoms with Crippen molar-refractivity contribution in [3.05, 3.63) is 59.2 Å². The minimum absolute atomic E-state index is 0.137. The third-order valence-electron chi connectivity index (χ3n) is 5.60. The molecule has 8 nitrogen and oxygen atoms in total. The van der Waals surface area contributed by atoms with E-state index in [0.717, 1.165) is 33.7 Å². The summed E-state index contributed by atoms with van der Waals surface area (Å²) in [5.41, 5.74) is 2.97. The van der Waals surface area contributed by atoms with Gasteiger partial charge < -0.3 is 15.0 Å². The highest BCUT2D eigenvalue weighted by Gasteiger charge is 2.31. The molecule has 2 aromatic carbocycles. The van der Waals surface area contributed by atoms with Crippen LogP contribution in [-0.4, -0.2) is 57.6 Å². The molecular weight excluding hydrogens is 466 g/mol. The molecule has 0 spiro atoms. The average Bonchev–Trinajstić information content (AvgIpc) is 2.79. The van der Waals surface area contributed by atoms with Crippen LogP contribution in [0.4, 0.5) is 5.69 Å². The molecule has 0 radical (unpaired) electrons. The largest absolute Gasteiger partial charge is 0.497 e. The predicted octanol–water partition coefficient (Wildman–Crippen LogP) is 3.41. The van der Waals surface area contributed by atoms with Gasteiger partial charge in [0.2, 0.25) is 21.8 Å². The molecule has 0 aliphatic heterocycles. The highest BCUT2D eigenvalue weighted by atomic mass is 32.2. The predicted molar refractivity (Wildman–Crippen MR) is 139 cm³/mol. The van der Waals surface area contributed by atoms with E-state index in [1.54, 1.807) is 31.4 Å². The van der Waals surface area contributed by atoms with Crippen LogP contribution >= 0.6 is 0 Å². The number of rotatable bonds is 12. The fourth-order valence-electron chi connectivity index (χ4n) is 3.96. The number of nitrogens with one attached hydrogen (secondary N) is 1. The van der Waals surface area contributed by atoms with Gasteiger partial charge in [0.25, 0.3) is 0 Å². The van der Waals surface area contributed by atoms with Crippen LogP contribution in [-0.2, 0) is 26.2 Å². The van der Waals surface area contributed by atoms with E-state index in [1.807, 2.05) is 45.9 Å². The molecule has 192 valence electrons. The van der Waals surface area contributed by atoms with Crippen LogP contribution in [0.15, 0.2) is 42.5 Å². The number of sulfonamides is 1. The molecule has 1 atom stereocenters. The highest BCUT2D eigenvalue weighted by Crippen LogP contribution is 2.23. The zero-order valence-corrected chi connectivity index (χ0v) is 22.3. The molecule has 2 amide bonds. The molecule has 0 bridgehead atoms. The minimum atomic E-state index is -3.77. The maximum atomic E-state index is 13.7. The van der Waals surface area contributed by atoms with Gasteiger partial charge in [-0.1, -0.05) is 32.0 Å². The maximum Gasteiger partial charge on any atom is 0.244 e. The lowest BCUT2D eigenvalue weighted by atomic mass is 10.1. The first-order valence-electron chi connectivity index (χ1n) is 11.8. The molecule has 0 aromatic heterocycles. The van der Waals surface area contributed by atoms with E-state index in [-0.39, 0.29) is 12.5 Å². The van der Waals surface area contributed by atoms with Crippen LogP contribution in [0.2, 0.25) is 0 Å². The number of carbonyl (C=O) groups excluding carboxylic acids is 2. The number of benzene rings is 2. The zero-order valence-electron chi connectivity index (χ0n) is 21.5. The highest BCUT2D eigenvalue weighted by molar-refractivity contribution is 7.92. The second kappa shape index (κ2) is 12.6. The molecule has 35 heavy (non-hydrogen) atoms. The Morgan fingerprint density at radius 3 is 2.26 bits per heavy atom. The monoisotopic (exact) mass is 503 g/mol. The summed E-state index contributed by atoms with van der Waals surface area (Å²) >= 11 is 0. The Morgan fingerprint density at radius 2 is 1.71 bits per heavy atom. The molecule has 0 aliphatic rings. The Bertz CT molecular complexity index is 1110. The molecule has 1 unspecified atom stereocenters. The van der Waals surface area contributed by atoms with Gasteiger partial charge >= 0.3 is 0 Å². The van der Waals surface area contributed by atoms with Crippen LogP contribution in [0.5, 0.6) is 5.75 Å². The van der Waals surface area contributed by atoms with Crippen molar-refractivity contribution in [3.63, 3.8) is 0 Å². The fraction of sp³-hybridized carbons (Fsp3) is 0.462. The summed E-state index contributed by atoms with van der Waals surface area (Å²) < 4.78 is 31.9. The lowest BCUT2D eigenvalue weighted by Crippen LogP contribution is -2.52. The average molecular weight is 504 g/mol. The summed E-state index contributed by atoms with van der Waals surface area (Å²) in [5, 5.41) is 2.87. The molecule has 2 rings (SSSR count). The van der Waals surface area contributed by atoms with Crippen LogP contribution in [0.1, 0.15) is 43.4 Å². The number of ether oxygens (including phenoxy) is 1. The lowest BCUT2D eigenvalue weighted by molar-refractivity contribution is -0.140. The van der Waals surface area contributed by atoms with E-state index in [9.17, 15) is 18.0 Å². The number of hydrogen-bond donors (Lipinski definition) is 1. The first kappa shape index (κ1) is 28.2. The van der Waals surface area contributed by atoms with Gasteiger partial charge in [0.1, 0.15) is 18.3 Å². The summed E-state index contributed by atoms with van der Waals surface area (Å²) in [5.74, 6) is -0.0924. The summed E-state index contributed by atoms with van der Waals surface area (Å²) in [4.78, 5) is 28.1. The van der Waals surface area contributed by atoms with Crippen molar-refractivity contribution >= 4 is 27.5 Å². The Balaban J connectivity index is 2.47. The summed E-state index contributed by atoms with van der Waals surface area (Å²) in [6, 6.07) is 11.9. The first-order valence-corrected chi connectivity index (χ1v) is 13.6. The van der Waals surface area contributed by atoms with E-state index in [2.05, 4.69) is 5.32 Å². The van der Waals surface area contributed by atoms with Crippen LogP contribution < -0.4 is 14.4 Å². The van der Waals surface area contributed by atoms with Crippen LogP contribution in [0.25, 0.3) is 0 Å². The summed E-state index contributed by atoms with van der Waals surface area (Å²) in [6.45, 7) is 7.75. The van der Waals surface area contributed by atoms with Gasteiger partial charge in [0.05, 0.1) is 19.1 Å². The number of amides is 2. The standard InChI is InChI=1S/C26H37N3O5S/c1-7-12-27-26(31)24(8-2)28(17-21-10-9-11-23(16-21)34-5)25(30)18-29(35(6,32)33)22-14-19(3)13-20(4)15-22/h9-11,13-16,24H,7-8,12,17-18H2,1-6H3,(H,27,31). The van der Waals surface area contributed by atoms with E-state index >= 15 is 0 Å². The number of nitrogens with zero attached hydrogens (tertiary/aromatic N) is 2. The lowest BCUT2D eigenvalue weighted by Gasteiger charge is -2.33. The van der Waals surface area contributed by atoms with Crippen molar-refractivity contribution in [2.45, 2.75) is 53.1 Å². The van der Waals surface area contributed by atoms with Crippen molar-refractivity contribution in [1.29, 1.82) is 0 Å². The van der Waals surface area contributed by atoms with Gasteiger partial charge in [-0.15, -0.1) is 0 Å². The summed E-state index contributed by atoms with van der Waals surface area (Å²) in [7, 11) is -2.21. The Labute approximate surface area is 209 Å². The van der Waals surface area contributed by atoms with Crippen molar-refractivity contribution in [3.8, 4) is 5.75 Å². The molecule has 9 heteroatoms. The van der Waals surface area contributed by atoms with Crippen molar-refractivity contribution in [1.82, 2.24) is 10.2 Å². The molecule has 2 aromatic rings. The Hall–Kier alpha value is -3.07. The normalized spacial score (nSPS) is 12.1. The van der Waals surface area contributed by atoms with Gasteiger partial charge in [0.15, 0.2) is 0 Å². The molecular formula is C26H37N3O5S. The quantitative estimate of drug-likeness (QED) is 0.479. The van der Waals surface area contributed by atoms with E-state index in [1.165, 1.54) is 4.90 Å². The third-order valence-corrected chi connectivity index (χ3v) is 6.74. The van der Waals surface area contributed by atoms with Crippen molar-refractivity contribution in [2.24, 2.45) is 0 Å². The molecule has 0 saturated carbocycles. The maximum absolute atomic E-state index is 13.7. The van der Waals surface area contributed by atoms with E-state index < -0.39 is 28.5 Å². The number of methoxy groups -OCH3 is 1. The van der Waals surface area contributed by atoms with Gasteiger partial charge in [-0.25, -0.2) is 8.42 Å². The van der Waals surface area contributed by atoms with Crippen LogP contribution in [0.3, 0.4) is 0 Å². The minimum Gasteiger partial charge on any atom is -0.497 e. The second-order valence-electron chi connectivity index (χ2n) is 8.70. The molecule has 0 heterocycles. The smallest absolute Gasteiger partial charge is 0.244 e. The van der Waals surface area contributed by atoms with Crippen LogP contribution in [0, 0.1) is 13.8 Å². The molecule has 0 fully saturated rings. The number of carbonyl (C=O) groups is 2. The van der Waals surface area contributed by atoms with Gasteiger partial charge in [-0.3, -0.25) is 13.9 Å². The molecule has 0 aliphatic carbocycles. The second-order valence-corrected chi connectivity index (χ2v) is 10.6. The zero-order chi connectivity index (χ0) is 26.2. The van der Waals surface area contributed by atoms with Gasteiger partial charge in [-0.05, 0) is 67.6 Å². The number of anilines is 1. The van der Waals surface area contributed by atoms with Crippen molar-refractivity contribution < 1.29 is 22.7 Å². The molecule has 1 N–H and O–H groups in total. The Morgan fingerprint density at radius 1 is 1.06 bits per heavy atom. The Kier molecular flexibility index (Phi) is 10.1. The SMILES string of the molecule is CCCNC(=O)C(CC)N(Cc1cccc(OC)c1)C(=O)CN(c1cc(C)cc(C)c1)S(C)(=O)=O. The third kappa shape index (κ3) is 7.99. The van der Waals surface area contributed by atoms with E-state index in [0.29, 0.717) is 24.4 Å². The van der Waals surface area contributed by atoms with E-state index in [4.69, 9.17) is 4.74 Å². The fourth-order valence-corrected chi connectivity index (χ4v) is 4.79. The summed E-state index contributed by atoms with van der Waals surface area (Å²) in [6.07, 6.45) is 2.23.